The topological polar surface area (TPSA) is 89.4 Å². The first-order valence-corrected chi connectivity index (χ1v) is 6.96. The fraction of sp³-hybridized carbons (Fsp3) is 0.429. The molecule has 0 radical (unpaired) electrons. The van der Waals surface area contributed by atoms with Crippen LogP contribution < -0.4 is 16.2 Å². The van der Waals surface area contributed by atoms with Crippen LogP contribution in [0.2, 0.25) is 0 Å². The van der Waals surface area contributed by atoms with Crippen molar-refractivity contribution in [2.45, 2.75) is 27.0 Å². The van der Waals surface area contributed by atoms with E-state index < -0.39 is 0 Å². The first-order valence-electron chi connectivity index (χ1n) is 6.96. The van der Waals surface area contributed by atoms with E-state index in [1.165, 1.54) is 0 Å². The van der Waals surface area contributed by atoms with Gasteiger partial charge in [0.2, 0.25) is 0 Å². The molecule has 114 valence electrons. The number of nitrogens with two attached hydrogens (primary N) is 1. The van der Waals surface area contributed by atoms with Gasteiger partial charge in [0.15, 0.2) is 5.82 Å². The molecule has 7 nitrogen and oxygen atoms in total. The number of hydrogen-bond donors (Lipinski definition) is 2. The quantitative estimate of drug-likeness (QED) is 0.567. The van der Waals surface area contributed by atoms with Crippen LogP contribution in [0.25, 0.3) is 0 Å². The van der Waals surface area contributed by atoms with Crippen molar-refractivity contribution in [3.05, 3.63) is 36.0 Å². The molecule has 0 bridgehead atoms. The minimum Gasteiger partial charge on any atom is -0.467 e. The van der Waals surface area contributed by atoms with Crippen molar-refractivity contribution in [3.63, 3.8) is 0 Å². The molecule has 21 heavy (non-hydrogen) atoms. The van der Waals surface area contributed by atoms with Crippen molar-refractivity contribution in [1.29, 1.82) is 0 Å². The van der Waals surface area contributed by atoms with Crippen LogP contribution in [0.3, 0.4) is 0 Å². The van der Waals surface area contributed by atoms with E-state index in [-0.39, 0.29) is 0 Å². The fourth-order valence-corrected chi connectivity index (χ4v) is 1.92. The average Bonchev–Trinajstić information content (AvgIpc) is 3.03. The molecule has 3 N–H and O–H groups in total. The monoisotopic (exact) mass is 291 g/mol. The van der Waals surface area contributed by atoms with E-state index in [9.17, 15) is 0 Å². The molecule has 0 saturated carbocycles. The van der Waals surface area contributed by atoms with Crippen molar-refractivity contribution in [2.24, 2.45) is 5.84 Å². The molecule has 0 amide bonds. The number of ether oxygens (including phenoxy) is 1. The molecule has 0 aliphatic heterocycles. The molecule has 0 aromatic carbocycles. The summed E-state index contributed by atoms with van der Waals surface area (Å²) in [4.78, 5) is 10.9. The highest BCUT2D eigenvalue weighted by atomic mass is 16.5. The molecule has 2 aromatic heterocycles. The molecule has 2 aromatic rings. The van der Waals surface area contributed by atoms with E-state index >= 15 is 0 Å². The van der Waals surface area contributed by atoms with E-state index in [0.29, 0.717) is 31.4 Å². The second kappa shape index (κ2) is 7.61. The molecule has 2 rings (SSSR count). The predicted molar refractivity (Wildman–Crippen MR) is 80.6 cm³/mol. The molecular formula is C14H21N5O2. The van der Waals surface area contributed by atoms with Crippen molar-refractivity contribution < 1.29 is 9.15 Å². The van der Waals surface area contributed by atoms with Crippen LogP contribution in [0, 0.1) is 0 Å². The van der Waals surface area contributed by atoms with Crippen molar-refractivity contribution in [1.82, 2.24) is 9.97 Å². The Morgan fingerprint density at radius 1 is 1.38 bits per heavy atom. The number of rotatable bonds is 8. The van der Waals surface area contributed by atoms with Gasteiger partial charge in [0, 0.05) is 19.2 Å². The summed E-state index contributed by atoms with van der Waals surface area (Å²) in [5, 5.41) is 0. The summed E-state index contributed by atoms with van der Waals surface area (Å²) < 4.78 is 10.8. The highest BCUT2D eigenvalue weighted by Crippen LogP contribution is 2.18. The van der Waals surface area contributed by atoms with Gasteiger partial charge < -0.3 is 19.5 Å². The number of furan rings is 1. The van der Waals surface area contributed by atoms with Gasteiger partial charge in [-0.1, -0.05) is 0 Å². The van der Waals surface area contributed by atoms with Crippen molar-refractivity contribution >= 4 is 11.6 Å². The zero-order valence-electron chi connectivity index (χ0n) is 12.4. The second-order valence-corrected chi connectivity index (χ2v) is 4.40. The van der Waals surface area contributed by atoms with E-state index in [4.69, 9.17) is 15.0 Å². The van der Waals surface area contributed by atoms with Gasteiger partial charge in [-0.15, -0.1) is 0 Å². The van der Waals surface area contributed by atoms with Crippen LogP contribution in [0.15, 0.2) is 28.9 Å². The van der Waals surface area contributed by atoms with E-state index in [2.05, 4.69) is 27.2 Å². The van der Waals surface area contributed by atoms with Crippen LogP contribution >= 0.6 is 0 Å². The van der Waals surface area contributed by atoms with Crippen LogP contribution in [0.5, 0.6) is 0 Å². The molecule has 0 atom stereocenters. The molecule has 0 aliphatic carbocycles. The van der Waals surface area contributed by atoms with Crippen molar-refractivity contribution in [2.75, 3.05) is 23.5 Å². The normalized spacial score (nSPS) is 10.6. The summed E-state index contributed by atoms with van der Waals surface area (Å²) in [5.74, 6) is 8.30. The highest BCUT2D eigenvalue weighted by Gasteiger charge is 2.12. The van der Waals surface area contributed by atoms with Gasteiger partial charge in [-0.3, -0.25) is 0 Å². The Labute approximate surface area is 124 Å². The van der Waals surface area contributed by atoms with Gasteiger partial charge in [0.25, 0.3) is 0 Å². The SMILES string of the molecule is CCOCc1nc(NN)cc(N(CC)Cc2ccco2)n1. The largest absolute Gasteiger partial charge is 0.467 e. The van der Waals surface area contributed by atoms with Gasteiger partial charge in [-0.05, 0) is 26.0 Å². The number of hydrazine groups is 1. The number of anilines is 2. The third-order valence-corrected chi connectivity index (χ3v) is 2.97. The molecule has 0 fully saturated rings. The summed E-state index contributed by atoms with van der Waals surface area (Å²) in [6, 6.07) is 5.62. The van der Waals surface area contributed by atoms with E-state index in [0.717, 1.165) is 18.1 Å². The lowest BCUT2D eigenvalue weighted by Gasteiger charge is -2.21. The first kappa shape index (κ1) is 15.3. The third-order valence-electron chi connectivity index (χ3n) is 2.97. The third kappa shape index (κ3) is 4.17. The lowest BCUT2D eigenvalue weighted by molar-refractivity contribution is 0.128. The Kier molecular flexibility index (Phi) is 5.53. The number of hydrogen-bond acceptors (Lipinski definition) is 7. The smallest absolute Gasteiger partial charge is 0.158 e. The van der Waals surface area contributed by atoms with E-state index in [1.807, 2.05) is 25.1 Å². The molecule has 0 aliphatic rings. The minimum atomic E-state index is 0.358. The maximum absolute atomic E-state index is 5.48. The lowest BCUT2D eigenvalue weighted by Crippen LogP contribution is -2.24. The van der Waals surface area contributed by atoms with E-state index in [1.54, 1.807) is 6.26 Å². The fourth-order valence-electron chi connectivity index (χ4n) is 1.92. The van der Waals surface area contributed by atoms with Crippen LogP contribution in [-0.2, 0) is 17.9 Å². The first-order chi connectivity index (χ1) is 10.3. The molecule has 0 spiro atoms. The number of aromatic nitrogens is 2. The van der Waals surface area contributed by atoms with Gasteiger partial charge in [0.05, 0.1) is 12.8 Å². The Morgan fingerprint density at radius 2 is 2.24 bits per heavy atom. The second-order valence-electron chi connectivity index (χ2n) is 4.40. The maximum Gasteiger partial charge on any atom is 0.158 e. The number of nitrogen functional groups attached to an aromatic ring is 1. The summed E-state index contributed by atoms with van der Waals surface area (Å²) in [7, 11) is 0. The molecular weight excluding hydrogens is 270 g/mol. The summed E-state index contributed by atoms with van der Waals surface area (Å²) in [6.45, 7) is 6.39. The molecule has 2 heterocycles. The lowest BCUT2D eigenvalue weighted by atomic mass is 10.3. The Morgan fingerprint density at radius 3 is 2.86 bits per heavy atom. The minimum absolute atomic E-state index is 0.358. The van der Waals surface area contributed by atoms with Gasteiger partial charge >= 0.3 is 0 Å². The summed E-state index contributed by atoms with van der Waals surface area (Å²) in [6.07, 6.45) is 1.66. The molecule has 0 saturated heterocycles. The standard InChI is InChI=1S/C14H21N5O2/c1-3-19(9-11-6-5-7-21-11)14-8-12(18-15)16-13(17-14)10-20-4-2/h5-8H,3-4,9-10,15H2,1-2H3,(H,16,17,18). The Bertz CT molecular complexity index is 544. The molecule has 7 heteroatoms. The summed E-state index contributed by atoms with van der Waals surface area (Å²) >= 11 is 0. The highest BCUT2D eigenvalue weighted by molar-refractivity contribution is 5.48. The van der Waals surface area contributed by atoms with Crippen LogP contribution in [0.1, 0.15) is 25.4 Å². The summed E-state index contributed by atoms with van der Waals surface area (Å²) in [5.41, 5.74) is 2.57. The Balaban J connectivity index is 2.22. The molecule has 0 unspecified atom stereocenters. The number of nitrogens with one attached hydrogen (secondary N) is 1. The average molecular weight is 291 g/mol. The maximum atomic E-state index is 5.48. The van der Waals surface area contributed by atoms with Crippen LogP contribution in [0.4, 0.5) is 11.6 Å². The van der Waals surface area contributed by atoms with Gasteiger partial charge in [-0.25, -0.2) is 15.8 Å². The zero-order chi connectivity index (χ0) is 15.1. The number of nitrogens with zero attached hydrogens (tertiary/aromatic N) is 3. The van der Waals surface area contributed by atoms with Gasteiger partial charge in [0.1, 0.15) is 24.0 Å². The predicted octanol–water partition coefficient (Wildman–Crippen LogP) is 1.92. The zero-order valence-corrected chi connectivity index (χ0v) is 12.4. The Hall–Kier alpha value is -2.12. The van der Waals surface area contributed by atoms with Crippen molar-refractivity contribution in [3.8, 4) is 0 Å². The van der Waals surface area contributed by atoms with Gasteiger partial charge in [-0.2, -0.15) is 0 Å². The van der Waals surface area contributed by atoms with Crippen LogP contribution in [-0.4, -0.2) is 23.1 Å².